The van der Waals surface area contributed by atoms with Gasteiger partial charge in [0, 0.05) is 17.8 Å². The Morgan fingerprint density at radius 3 is 2.64 bits per heavy atom. The van der Waals surface area contributed by atoms with E-state index in [1.165, 1.54) is 7.11 Å². The van der Waals surface area contributed by atoms with Gasteiger partial charge in [0.2, 0.25) is 0 Å². The van der Waals surface area contributed by atoms with Crippen LogP contribution in [0.15, 0.2) is 72.8 Å². The number of benzene rings is 3. The normalized spacial score (nSPS) is 15.2. The third-order valence-corrected chi connectivity index (χ3v) is 5.37. The Kier molecular flexibility index (Phi) is 6.78. The molecule has 2 amide bonds. The number of nitrogens with zero attached hydrogens (tertiary/aromatic N) is 1. The summed E-state index contributed by atoms with van der Waals surface area (Å²) in [6.07, 6.45) is -0.614. The van der Waals surface area contributed by atoms with Gasteiger partial charge in [0.25, 0.3) is 11.8 Å². The van der Waals surface area contributed by atoms with Gasteiger partial charge in [-0.1, -0.05) is 30.3 Å². The van der Waals surface area contributed by atoms with Crippen molar-refractivity contribution < 1.29 is 23.8 Å². The second-order valence-corrected chi connectivity index (χ2v) is 7.66. The van der Waals surface area contributed by atoms with Crippen LogP contribution in [0.25, 0.3) is 0 Å². The van der Waals surface area contributed by atoms with E-state index in [4.69, 9.17) is 14.2 Å². The maximum Gasteiger partial charge on any atom is 0.263 e. The summed E-state index contributed by atoms with van der Waals surface area (Å²) in [5, 5.41) is 2.90. The summed E-state index contributed by atoms with van der Waals surface area (Å²) in [5.74, 6) is 1.49. The van der Waals surface area contributed by atoms with E-state index in [2.05, 4.69) is 5.32 Å². The largest absolute Gasteiger partial charge is 0.496 e. The molecule has 0 bridgehead atoms. The van der Waals surface area contributed by atoms with Crippen molar-refractivity contribution in [1.29, 1.82) is 0 Å². The highest BCUT2D eigenvalue weighted by Gasteiger charge is 2.28. The Bertz CT molecular complexity index is 1130. The van der Waals surface area contributed by atoms with Gasteiger partial charge in [0.1, 0.15) is 23.9 Å². The summed E-state index contributed by atoms with van der Waals surface area (Å²) >= 11 is 0. The van der Waals surface area contributed by atoms with E-state index in [0.717, 1.165) is 11.3 Å². The van der Waals surface area contributed by atoms with Crippen molar-refractivity contribution in [1.82, 2.24) is 4.90 Å². The number of para-hydroxylation sites is 2. The van der Waals surface area contributed by atoms with Crippen molar-refractivity contribution >= 4 is 17.5 Å². The van der Waals surface area contributed by atoms with E-state index in [1.807, 2.05) is 42.5 Å². The van der Waals surface area contributed by atoms with Crippen LogP contribution in [-0.4, -0.2) is 43.1 Å². The smallest absolute Gasteiger partial charge is 0.263 e. The monoisotopic (exact) mass is 446 g/mol. The number of anilines is 1. The van der Waals surface area contributed by atoms with Gasteiger partial charge in [-0.15, -0.1) is 0 Å². The Morgan fingerprint density at radius 1 is 1.09 bits per heavy atom. The molecule has 0 spiro atoms. The summed E-state index contributed by atoms with van der Waals surface area (Å²) < 4.78 is 16.9. The van der Waals surface area contributed by atoms with Crippen LogP contribution in [0.4, 0.5) is 5.69 Å². The molecule has 0 aliphatic carbocycles. The molecule has 1 N–H and O–H groups in total. The third-order valence-electron chi connectivity index (χ3n) is 5.37. The minimum atomic E-state index is -0.614. The van der Waals surface area contributed by atoms with Gasteiger partial charge in [-0.3, -0.25) is 9.59 Å². The van der Waals surface area contributed by atoms with Crippen molar-refractivity contribution in [2.24, 2.45) is 0 Å². The molecular weight excluding hydrogens is 420 g/mol. The van der Waals surface area contributed by atoms with Crippen LogP contribution >= 0.6 is 0 Å². The Balaban J connectivity index is 1.48. The van der Waals surface area contributed by atoms with Gasteiger partial charge in [0.15, 0.2) is 6.10 Å². The maximum absolute atomic E-state index is 12.8. The van der Waals surface area contributed by atoms with Gasteiger partial charge < -0.3 is 24.4 Å². The number of hydrogen-bond acceptors (Lipinski definition) is 5. The summed E-state index contributed by atoms with van der Waals surface area (Å²) in [6.45, 7) is 2.87. The number of hydrogen-bond donors (Lipinski definition) is 1. The molecule has 7 heteroatoms. The number of nitrogens with one attached hydrogen (secondary N) is 1. The number of amides is 2. The molecule has 0 aromatic heterocycles. The van der Waals surface area contributed by atoms with E-state index in [-0.39, 0.29) is 11.8 Å². The first-order valence-electron chi connectivity index (χ1n) is 10.8. The summed E-state index contributed by atoms with van der Waals surface area (Å²) in [5.41, 5.74) is 1.86. The first-order valence-corrected chi connectivity index (χ1v) is 10.8. The van der Waals surface area contributed by atoms with Crippen molar-refractivity contribution in [3.63, 3.8) is 0 Å². The van der Waals surface area contributed by atoms with Crippen molar-refractivity contribution in [2.75, 3.05) is 25.6 Å². The third kappa shape index (κ3) is 5.26. The molecule has 0 saturated carbocycles. The second-order valence-electron chi connectivity index (χ2n) is 7.66. The van der Waals surface area contributed by atoms with Crippen LogP contribution in [0.3, 0.4) is 0 Å². The summed E-state index contributed by atoms with van der Waals surface area (Å²) in [4.78, 5) is 27.3. The second kappa shape index (κ2) is 10.1. The summed E-state index contributed by atoms with van der Waals surface area (Å²) in [7, 11) is 1.53. The molecular formula is C26H26N2O5. The summed E-state index contributed by atoms with van der Waals surface area (Å²) in [6, 6.07) is 21.9. The highest BCUT2D eigenvalue weighted by Crippen LogP contribution is 2.29. The molecule has 0 unspecified atom stereocenters. The molecule has 0 fully saturated rings. The fourth-order valence-corrected chi connectivity index (χ4v) is 3.69. The molecule has 0 radical (unpaired) electrons. The molecule has 3 aromatic rings. The van der Waals surface area contributed by atoms with Gasteiger partial charge >= 0.3 is 0 Å². The highest BCUT2D eigenvalue weighted by molar-refractivity contribution is 6.06. The van der Waals surface area contributed by atoms with Gasteiger partial charge in [-0.25, -0.2) is 0 Å². The molecule has 1 aliphatic rings. The lowest BCUT2D eigenvalue weighted by Crippen LogP contribution is -2.40. The number of methoxy groups -OCH3 is 1. The number of rotatable bonds is 7. The number of carbonyl (C=O) groups excluding carboxylic acids is 2. The van der Waals surface area contributed by atoms with Crippen molar-refractivity contribution in [3.8, 4) is 17.2 Å². The SMILES string of the molecule is COc1ccccc1C(=O)Nc1ccc2c(c1)CN(CCOc1ccccc1)C(=O)[C@@H](C)O2. The lowest BCUT2D eigenvalue weighted by molar-refractivity contribution is -0.138. The van der Waals surface area contributed by atoms with Gasteiger partial charge in [0.05, 0.1) is 19.2 Å². The Labute approximate surface area is 192 Å². The number of ether oxygens (including phenoxy) is 3. The number of fused-ring (bicyclic) bond motifs is 1. The molecule has 4 rings (SSSR count). The Morgan fingerprint density at radius 2 is 1.85 bits per heavy atom. The average Bonchev–Trinajstić information content (AvgIpc) is 2.95. The van der Waals surface area contributed by atoms with Crippen LogP contribution in [0, 0.1) is 0 Å². The quantitative estimate of drug-likeness (QED) is 0.590. The maximum atomic E-state index is 12.8. The van der Waals surface area contributed by atoms with Gasteiger partial charge in [-0.05, 0) is 49.4 Å². The number of carbonyl (C=O) groups is 2. The lowest BCUT2D eigenvalue weighted by Gasteiger charge is -2.22. The lowest BCUT2D eigenvalue weighted by atomic mass is 10.1. The van der Waals surface area contributed by atoms with E-state index >= 15 is 0 Å². The molecule has 3 aromatic carbocycles. The standard InChI is InChI=1S/C26H26N2O5/c1-18-26(30)28(14-15-32-21-8-4-3-5-9-21)17-19-16-20(12-13-23(19)33-18)27-25(29)22-10-6-7-11-24(22)31-2/h3-13,16,18H,14-15,17H2,1-2H3,(H,27,29)/t18-/m1/s1. The average molecular weight is 447 g/mol. The molecule has 0 saturated heterocycles. The minimum absolute atomic E-state index is 0.109. The van der Waals surface area contributed by atoms with Crippen LogP contribution in [0.5, 0.6) is 17.2 Å². The van der Waals surface area contributed by atoms with Crippen molar-refractivity contribution in [3.05, 3.63) is 83.9 Å². The van der Waals surface area contributed by atoms with Crippen molar-refractivity contribution in [2.45, 2.75) is 19.6 Å². The van der Waals surface area contributed by atoms with Crippen LogP contribution < -0.4 is 19.5 Å². The van der Waals surface area contributed by atoms with E-state index in [1.54, 1.807) is 42.2 Å². The van der Waals surface area contributed by atoms with Gasteiger partial charge in [-0.2, -0.15) is 0 Å². The highest BCUT2D eigenvalue weighted by atomic mass is 16.5. The molecule has 33 heavy (non-hydrogen) atoms. The molecule has 170 valence electrons. The first-order chi connectivity index (χ1) is 16.0. The molecule has 1 atom stereocenters. The zero-order valence-electron chi connectivity index (χ0n) is 18.6. The van der Waals surface area contributed by atoms with Crippen LogP contribution in [0.1, 0.15) is 22.8 Å². The van der Waals surface area contributed by atoms with E-state index < -0.39 is 6.10 Å². The first kappa shape index (κ1) is 22.2. The van der Waals surface area contributed by atoms with E-state index in [9.17, 15) is 9.59 Å². The fourth-order valence-electron chi connectivity index (χ4n) is 3.69. The fraction of sp³-hybridized carbons (Fsp3) is 0.231. The van der Waals surface area contributed by atoms with Crippen LogP contribution in [0.2, 0.25) is 0 Å². The topological polar surface area (TPSA) is 77.1 Å². The predicted molar refractivity (Wildman–Crippen MR) is 125 cm³/mol. The Hall–Kier alpha value is -4.00. The molecule has 1 aliphatic heterocycles. The zero-order chi connectivity index (χ0) is 23.2. The molecule has 1 heterocycles. The zero-order valence-corrected chi connectivity index (χ0v) is 18.6. The molecule has 7 nitrogen and oxygen atoms in total. The minimum Gasteiger partial charge on any atom is -0.496 e. The van der Waals surface area contributed by atoms with E-state index in [0.29, 0.717) is 42.4 Å². The predicted octanol–water partition coefficient (Wildman–Crippen LogP) is 4.14. The van der Waals surface area contributed by atoms with Crippen LogP contribution in [-0.2, 0) is 11.3 Å².